The first-order valence-electron chi connectivity index (χ1n) is 4.00. The van der Waals surface area contributed by atoms with E-state index in [0.29, 0.717) is 0 Å². The first-order valence-corrected chi connectivity index (χ1v) is 5.12. The zero-order valence-electron chi connectivity index (χ0n) is 6.92. The van der Waals surface area contributed by atoms with Crippen LogP contribution in [0.2, 0.25) is 0 Å². The molecule has 0 unspecified atom stereocenters. The Bertz CT molecular complexity index is 398. The smallest absolute Gasteiger partial charge is 0.142 e. The Morgan fingerprint density at radius 3 is 3.23 bits per heavy atom. The van der Waals surface area contributed by atoms with Gasteiger partial charge in [0.1, 0.15) is 17.8 Å². The summed E-state index contributed by atoms with van der Waals surface area (Å²) in [5.74, 6) is 0.880. The van der Waals surface area contributed by atoms with E-state index < -0.39 is 0 Å². The largest absolute Gasteiger partial charge is 0.369 e. The van der Waals surface area contributed by atoms with E-state index >= 15 is 0 Å². The first-order chi connectivity index (χ1) is 6.42. The van der Waals surface area contributed by atoms with Crippen molar-refractivity contribution in [3.8, 4) is 0 Å². The summed E-state index contributed by atoms with van der Waals surface area (Å²) in [4.78, 5) is 11.3. The molecule has 4 nitrogen and oxygen atoms in total. The Morgan fingerprint density at radius 2 is 2.38 bits per heavy atom. The molecule has 5 heteroatoms. The highest BCUT2D eigenvalue weighted by Crippen LogP contribution is 2.16. The monoisotopic (exact) mass is 240 g/mol. The Morgan fingerprint density at radius 1 is 1.46 bits per heavy atom. The van der Waals surface area contributed by atoms with E-state index in [9.17, 15) is 0 Å². The van der Waals surface area contributed by atoms with Gasteiger partial charge in [0, 0.05) is 18.1 Å². The summed E-state index contributed by atoms with van der Waals surface area (Å²) in [6, 6.07) is 1.96. The topological polar surface area (TPSA) is 53.6 Å². The number of nitrogens with one attached hydrogen (secondary N) is 2. The van der Waals surface area contributed by atoms with Crippen molar-refractivity contribution in [3.05, 3.63) is 18.6 Å². The van der Waals surface area contributed by atoms with E-state index in [1.54, 1.807) is 6.33 Å². The summed E-state index contributed by atoms with van der Waals surface area (Å²) >= 11 is 3.35. The van der Waals surface area contributed by atoms with Crippen molar-refractivity contribution in [3.63, 3.8) is 0 Å². The van der Waals surface area contributed by atoms with Crippen molar-refractivity contribution >= 4 is 32.8 Å². The maximum absolute atomic E-state index is 4.15. The molecule has 2 aromatic rings. The fourth-order valence-corrected chi connectivity index (χ4v) is 1.38. The highest BCUT2D eigenvalue weighted by molar-refractivity contribution is 9.09. The van der Waals surface area contributed by atoms with E-state index in [-0.39, 0.29) is 0 Å². The molecule has 68 valence electrons. The molecule has 2 rings (SSSR count). The van der Waals surface area contributed by atoms with Crippen LogP contribution in [0.25, 0.3) is 11.0 Å². The lowest BCUT2D eigenvalue weighted by Gasteiger charge is -2.02. The SMILES string of the molecule is BrCCNc1ncnc2[nH]ccc12. The quantitative estimate of drug-likeness (QED) is 0.805. The summed E-state index contributed by atoms with van der Waals surface area (Å²) in [5, 5.41) is 5.14. The van der Waals surface area contributed by atoms with Crippen LogP contribution < -0.4 is 5.32 Å². The number of rotatable bonds is 3. The van der Waals surface area contributed by atoms with Crippen molar-refractivity contribution in [1.29, 1.82) is 0 Å². The van der Waals surface area contributed by atoms with Gasteiger partial charge >= 0.3 is 0 Å². The highest BCUT2D eigenvalue weighted by atomic mass is 79.9. The van der Waals surface area contributed by atoms with Crippen molar-refractivity contribution in [2.75, 3.05) is 17.2 Å². The van der Waals surface area contributed by atoms with Crippen LogP contribution in [0, 0.1) is 0 Å². The molecule has 0 aromatic carbocycles. The number of aromatic nitrogens is 3. The molecule has 0 atom stereocenters. The predicted molar refractivity (Wildman–Crippen MR) is 56.2 cm³/mol. The molecule has 2 heterocycles. The van der Waals surface area contributed by atoms with E-state index in [0.717, 1.165) is 28.7 Å². The molecule has 0 bridgehead atoms. The lowest BCUT2D eigenvalue weighted by molar-refractivity contribution is 1.15. The average Bonchev–Trinajstić information content (AvgIpc) is 2.62. The van der Waals surface area contributed by atoms with Crippen molar-refractivity contribution in [2.24, 2.45) is 0 Å². The van der Waals surface area contributed by atoms with Gasteiger partial charge in [-0.1, -0.05) is 15.9 Å². The Kier molecular flexibility index (Phi) is 2.44. The summed E-state index contributed by atoms with van der Waals surface area (Å²) < 4.78 is 0. The maximum Gasteiger partial charge on any atom is 0.142 e. The highest BCUT2D eigenvalue weighted by Gasteiger charge is 2.01. The standard InChI is InChI=1S/C8H9BrN4/c9-2-4-11-8-6-1-3-10-7(6)12-5-13-8/h1,3,5H,2,4H2,(H2,10,11,12,13). The molecule has 0 aliphatic carbocycles. The molecule has 0 fully saturated rings. The van der Waals surface area contributed by atoms with Gasteiger partial charge in [0.25, 0.3) is 0 Å². The third-order valence-electron chi connectivity index (χ3n) is 1.74. The second-order valence-corrected chi connectivity index (χ2v) is 3.37. The van der Waals surface area contributed by atoms with Crippen LogP contribution in [0.4, 0.5) is 5.82 Å². The number of fused-ring (bicyclic) bond motifs is 1. The fraction of sp³-hybridized carbons (Fsp3) is 0.250. The lowest BCUT2D eigenvalue weighted by atomic mass is 10.4. The summed E-state index contributed by atoms with van der Waals surface area (Å²) in [6.07, 6.45) is 3.41. The lowest BCUT2D eigenvalue weighted by Crippen LogP contribution is -2.04. The molecule has 0 saturated carbocycles. The van der Waals surface area contributed by atoms with Crippen LogP contribution in [0.3, 0.4) is 0 Å². The van der Waals surface area contributed by atoms with Crippen molar-refractivity contribution in [1.82, 2.24) is 15.0 Å². The zero-order valence-corrected chi connectivity index (χ0v) is 8.50. The van der Waals surface area contributed by atoms with E-state index in [2.05, 4.69) is 36.2 Å². The fourth-order valence-electron chi connectivity index (χ4n) is 1.18. The summed E-state index contributed by atoms with van der Waals surface area (Å²) in [6.45, 7) is 0.858. The number of alkyl halides is 1. The number of aromatic amines is 1. The van der Waals surface area contributed by atoms with Crippen LogP contribution in [-0.2, 0) is 0 Å². The molecule has 13 heavy (non-hydrogen) atoms. The molecule has 0 spiro atoms. The molecule has 0 aliphatic heterocycles. The molecule has 0 aliphatic rings. The predicted octanol–water partition coefficient (Wildman–Crippen LogP) is 1.76. The molecule has 0 radical (unpaired) electrons. The molecule has 2 aromatic heterocycles. The first kappa shape index (κ1) is 8.50. The van der Waals surface area contributed by atoms with Crippen LogP contribution >= 0.6 is 15.9 Å². The number of nitrogens with zero attached hydrogens (tertiary/aromatic N) is 2. The number of H-pyrrole nitrogens is 1. The van der Waals surface area contributed by atoms with Crippen LogP contribution in [0.15, 0.2) is 18.6 Å². The second-order valence-electron chi connectivity index (χ2n) is 2.58. The van der Waals surface area contributed by atoms with E-state index in [1.165, 1.54) is 0 Å². The second kappa shape index (κ2) is 3.74. The normalized spacial score (nSPS) is 10.5. The third-order valence-corrected chi connectivity index (χ3v) is 2.14. The number of halogens is 1. The summed E-state index contributed by atoms with van der Waals surface area (Å²) in [5.41, 5.74) is 0.868. The van der Waals surface area contributed by atoms with Gasteiger partial charge in [-0.2, -0.15) is 0 Å². The molecule has 2 N–H and O–H groups in total. The summed E-state index contributed by atoms with van der Waals surface area (Å²) in [7, 11) is 0. The van der Waals surface area contributed by atoms with Crippen molar-refractivity contribution < 1.29 is 0 Å². The number of hydrogen-bond acceptors (Lipinski definition) is 3. The van der Waals surface area contributed by atoms with Crippen LogP contribution in [0.1, 0.15) is 0 Å². The minimum Gasteiger partial charge on any atom is -0.369 e. The minimum absolute atomic E-state index is 0.858. The molecular formula is C8H9BrN4. The van der Waals surface area contributed by atoms with Gasteiger partial charge in [0.2, 0.25) is 0 Å². The van der Waals surface area contributed by atoms with Gasteiger partial charge in [0.05, 0.1) is 5.39 Å². The van der Waals surface area contributed by atoms with Crippen LogP contribution in [-0.4, -0.2) is 26.8 Å². The maximum atomic E-state index is 4.15. The third kappa shape index (κ3) is 1.65. The Balaban J connectivity index is 2.37. The number of hydrogen-bond donors (Lipinski definition) is 2. The molecule has 0 saturated heterocycles. The molecular weight excluding hydrogens is 232 g/mol. The van der Waals surface area contributed by atoms with Crippen molar-refractivity contribution in [2.45, 2.75) is 0 Å². The van der Waals surface area contributed by atoms with E-state index in [4.69, 9.17) is 0 Å². The number of anilines is 1. The van der Waals surface area contributed by atoms with Gasteiger partial charge in [-0.15, -0.1) is 0 Å². The van der Waals surface area contributed by atoms with Gasteiger partial charge in [-0.05, 0) is 6.07 Å². The Labute approximate surface area is 83.9 Å². The minimum atomic E-state index is 0.858. The van der Waals surface area contributed by atoms with Gasteiger partial charge < -0.3 is 10.3 Å². The van der Waals surface area contributed by atoms with Gasteiger partial charge in [-0.3, -0.25) is 0 Å². The van der Waals surface area contributed by atoms with Gasteiger partial charge in [0.15, 0.2) is 0 Å². The van der Waals surface area contributed by atoms with E-state index in [1.807, 2.05) is 12.3 Å². The van der Waals surface area contributed by atoms with Gasteiger partial charge in [-0.25, -0.2) is 9.97 Å². The van der Waals surface area contributed by atoms with Crippen LogP contribution in [0.5, 0.6) is 0 Å². The zero-order chi connectivity index (χ0) is 9.10. The molecule has 0 amide bonds. The Hall–Kier alpha value is -1.10. The average molecular weight is 241 g/mol.